The third kappa shape index (κ3) is 2.48. The van der Waals surface area contributed by atoms with Crippen LogP contribution in [0.3, 0.4) is 0 Å². The molecule has 0 aliphatic rings. The number of carbonyl (C=O) groups is 1. The van der Waals surface area contributed by atoms with Crippen LogP contribution in [0.1, 0.15) is 26.7 Å². The predicted molar refractivity (Wildman–Crippen MR) is 79.0 cm³/mol. The van der Waals surface area contributed by atoms with Crippen LogP contribution in [-0.4, -0.2) is 10.9 Å². The van der Waals surface area contributed by atoms with Crippen LogP contribution in [0.2, 0.25) is 0 Å². The van der Waals surface area contributed by atoms with Gasteiger partial charge >= 0.3 is 0 Å². The minimum absolute atomic E-state index is 0.262. The molecule has 4 nitrogen and oxygen atoms in total. The number of nitriles is 1. The van der Waals surface area contributed by atoms with Gasteiger partial charge in [0.1, 0.15) is 5.41 Å². The third-order valence-corrected chi connectivity index (χ3v) is 3.70. The Morgan fingerprint density at radius 2 is 2.05 bits per heavy atom. The van der Waals surface area contributed by atoms with Gasteiger partial charge in [-0.1, -0.05) is 32.0 Å². The first-order valence-corrected chi connectivity index (χ1v) is 6.72. The lowest BCUT2D eigenvalue weighted by molar-refractivity contribution is -0.123. The van der Waals surface area contributed by atoms with Gasteiger partial charge in [0.2, 0.25) is 5.91 Å². The third-order valence-electron chi connectivity index (χ3n) is 3.70. The van der Waals surface area contributed by atoms with Crippen molar-refractivity contribution in [3.63, 3.8) is 0 Å². The van der Waals surface area contributed by atoms with Gasteiger partial charge in [0.25, 0.3) is 0 Å². The zero-order valence-electron chi connectivity index (χ0n) is 11.7. The zero-order chi connectivity index (χ0) is 14.6. The summed E-state index contributed by atoms with van der Waals surface area (Å²) in [6, 6.07) is 11.7. The summed E-state index contributed by atoms with van der Waals surface area (Å²) in [4.78, 5) is 16.6. The summed E-state index contributed by atoms with van der Waals surface area (Å²) in [5.41, 5.74) is 0.532. The number of carbonyl (C=O) groups excluding carboxylic acids is 1. The van der Waals surface area contributed by atoms with Gasteiger partial charge in [-0.15, -0.1) is 0 Å². The predicted octanol–water partition coefficient (Wildman–Crippen LogP) is 3.50. The first kappa shape index (κ1) is 14.0. The van der Waals surface area contributed by atoms with E-state index in [0.29, 0.717) is 18.5 Å². The maximum absolute atomic E-state index is 12.3. The topological polar surface area (TPSA) is 65.8 Å². The van der Waals surface area contributed by atoms with Crippen molar-refractivity contribution < 1.29 is 4.79 Å². The molecule has 0 atom stereocenters. The molecular weight excluding hydrogens is 250 g/mol. The number of rotatable bonds is 4. The second-order valence-electron chi connectivity index (χ2n) is 4.77. The number of nitrogens with zero attached hydrogens (tertiary/aromatic N) is 2. The minimum Gasteiger partial charge on any atom is -0.323 e. The Morgan fingerprint density at radius 3 is 2.70 bits per heavy atom. The molecule has 0 aliphatic carbocycles. The summed E-state index contributed by atoms with van der Waals surface area (Å²) in [5, 5.41) is 13.0. The van der Waals surface area contributed by atoms with Crippen molar-refractivity contribution in [1.82, 2.24) is 4.98 Å². The highest BCUT2D eigenvalue weighted by molar-refractivity contribution is 5.98. The molecule has 0 radical (unpaired) electrons. The van der Waals surface area contributed by atoms with Crippen LogP contribution >= 0.6 is 0 Å². The average molecular weight is 267 g/mol. The number of hydrogen-bond acceptors (Lipinski definition) is 3. The molecule has 0 saturated carbocycles. The van der Waals surface area contributed by atoms with E-state index in [1.54, 1.807) is 6.20 Å². The highest BCUT2D eigenvalue weighted by atomic mass is 16.2. The molecule has 0 spiro atoms. The Kier molecular flexibility index (Phi) is 3.99. The van der Waals surface area contributed by atoms with Crippen molar-refractivity contribution >= 4 is 22.5 Å². The Labute approximate surface area is 118 Å². The van der Waals surface area contributed by atoms with E-state index in [4.69, 9.17) is 0 Å². The number of para-hydroxylation sites is 1. The van der Waals surface area contributed by atoms with E-state index < -0.39 is 5.41 Å². The van der Waals surface area contributed by atoms with Crippen molar-refractivity contribution in [3.8, 4) is 6.07 Å². The van der Waals surface area contributed by atoms with E-state index >= 15 is 0 Å². The summed E-state index contributed by atoms with van der Waals surface area (Å²) in [7, 11) is 0. The van der Waals surface area contributed by atoms with E-state index in [1.165, 1.54) is 0 Å². The first-order valence-electron chi connectivity index (χ1n) is 6.72. The van der Waals surface area contributed by atoms with Crippen LogP contribution in [0.4, 0.5) is 5.69 Å². The highest BCUT2D eigenvalue weighted by Gasteiger charge is 2.35. The normalized spacial score (nSPS) is 11.1. The summed E-state index contributed by atoms with van der Waals surface area (Å²) in [6.45, 7) is 3.70. The van der Waals surface area contributed by atoms with Crippen molar-refractivity contribution in [2.24, 2.45) is 5.41 Å². The number of fused-ring (bicyclic) bond motifs is 1. The molecule has 2 rings (SSSR count). The second-order valence-corrected chi connectivity index (χ2v) is 4.77. The number of hydrogen-bond donors (Lipinski definition) is 1. The molecular formula is C16H17N3O. The SMILES string of the molecule is CCC(C#N)(CC)C(=O)Nc1cnc2ccccc2c1. The first-order chi connectivity index (χ1) is 9.65. The van der Waals surface area contributed by atoms with E-state index in [-0.39, 0.29) is 5.91 Å². The molecule has 102 valence electrons. The molecule has 20 heavy (non-hydrogen) atoms. The minimum atomic E-state index is -0.967. The second kappa shape index (κ2) is 5.70. The summed E-state index contributed by atoms with van der Waals surface area (Å²) >= 11 is 0. The van der Waals surface area contributed by atoms with Gasteiger partial charge in [-0.05, 0) is 25.0 Å². The summed E-state index contributed by atoms with van der Waals surface area (Å²) < 4.78 is 0. The van der Waals surface area contributed by atoms with Gasteiger partial charge in [-0.2, -0.15) is 5.26 Å². The van der Waals surface area contributed by atoms with Crippen molar-refractivity contribution in [2.45, 2.75) is 26.7 Å². The van der Waals surface area contributed by atoms with Crippen molar-refractivity contribution in [2.75, 3.05) is 5.32 Å². The molecule has 1 aromatic carbocycles. The summed E-state index contributed by atoms with van der Waals surface area (Å²) in [5.74, 6) is -0.262. The largest absolute Gasteiger partial charge is 0.323 e. The van der Waals surface area contributed by atoms with Gasteiger partial charge < -0.3 is 5.32 Å². The van der Waals surface area contributed by atoms with Gasteiger partial charge in [0.05, 0.1) is 23.5 Å². The molecule has 1 amide bonds. The van der Waals surface area contributed by atoms with Crippen LogP contribution in [0.25, 0.3) is 10.9 Å². The molecule has 0 fully saturated rings. The van der Waals surface area contributed by atoms with Gasteiger partial charge in [-0.25, -0.2) is 0 Å². The van der Waals surface area contributed by atoms with E-state index in [0.717, 1.165) is 10.9 Å². The standard InChI is InChI=1S/C16H17N3O/c1-3-16(4-2,11-17)15(20)19-13-9-12-7-5-6-8-14(12)18-10-13/h5-10H,3-4H2,1-2H3,(H,19,20). The van der Waals surface area contributed by atoms with E-state index in [1.807, 2.05) is 44.2 Å². The lowest BCUT2D eigenvalue weighted by Gasteiger charge is -2.22. The lowest BCUT2D eigenvalue weighted by atomic mass is 9.83. The van der Waals surface area contributed by atoms with Crippen LogP contribution in [0.5, 0.6) is 0 Å². The van der Waals surface area contributed by atoms with Crippen LogP contribution < -0.4 is 5.32 Å². The van der Waals surface area contributed by atoms with E-state index in [9.17, 15) is 10.1 Å². The van der Waals surface area contributed by atoms with Gasteiger partial charge in [0, 0.05) is 5.39 Å². The maximum atomic E-state index is 12.3. The quantitative estimate of drug-likeness (QED) is 0.921. The van der Waals surface area contributed by atoms with Gasteiger partial charge in [0.15, 0.2) is 0 Å². The van der Waals surface area contributed by atoms with Crippen molar-refractivity contribution in [3.05, 3.63) is 36.5 Å². The number of pyridine rings is 1. The Morgan fingerprint density at radius 1 is 1.35 bits per heavy atom. The average Bonchev–Trinajstić information content (AvgIpc) is 2.49. The van der Waals surface area contributed by atoms with Crippen LogP contribution in [-0.2, 0) is 4.79 Å². The number of amides is 1. The molecule has 0 saturated heterocycles. The fourth-order valence-electron chi connectivity index (χ4n) is 2.17. The Hall–Kier alpha value is -2.41. The lowest BCUT2D eigenvalue weighted by Crippen LogP contribution is -2.33. The zero-order valence-corrected chi connectivity index (χ0v) is 11.7. The summed E-state index contributed by atoms with van der Waals surface area (Å²) in [6.07, 6.45) is 2.60. The van der Waals surface area contributed by atoms with Gasteiger partial charge in [-0.3, -0.25) is 9.78 Å². The molecule has 0 unspecified atom stereocenters. The maximum Gasteiger partial charge on any atom is 0.244 e. The number of anilines is 1. The number of aromatic nitrogens is 1. The van der Waals surface area contributed by atoms with Crippen molar-refractivity contribution in [1.29, 1.82) is 5.26 Å². The highest BCUT2D eigenvalue weighted by Crippen LogP contribution is 2.27. The molecule has 0 bridgehead atoms. The fraction of sp³-hybridized carbons (Fsp3) is 0.312. The smallest absolute Gasteiger partial charge is 0.244 e. The molecule has 1 aromatic heterocycles. The van der Waals surface area contributed by atoms with Crippen LogP contribution in [0, 0.1) is 16.7 Å². The Balaban J connectivity index is 2.28. The molecule has 1 heterocycles. The number of nitrogens with one attached hydrogen (secondary N) is 1. The van der Waals surface area contributed by atoms with Crippen LogP contribution in [0.15, 0.2) is 36.5 Å². The molecule has 0 aliphatic heterocycles. The fourth-order valence-corrected chi connectivity index (χ4v) is 2.17. The Bertz CT molecular complexity index is 669. The molecule has 2 aromatic rings. The van der Waals surface area contributed by atoms with E-state index in [2.05, 4.69) is 16.4 Å². The molecule has 4 heteroatoms. The number of benzene rings is 1. The monoisotopic (exact) mass is 267 g/mol. The molecule has 1 N–H and O–H groups in total.